The Hall–Kier alpha value is -1.62. The zero-order valence-electron chi connectivity index (χ0n) is 14.1. The molecule has 1 aromatic carbocycles. The van der Waals surface area contributed by atoms with Crippen molar-refractivity contribution in [3.63, 3.8) is 0 Å². The molecular weight excluding hydrogens is 387 g/mol. The molecule has 0 radical (unpaired) electrons. The number of benzene rings is 1. The highest BCUT2D eigenvalue weighted by Crippen LogP contribution is 2.37. The Labute approximate surface area is 166 Å². The first-order chi connectivity index (χ1) is 12.5. The van der Waals surface area contributed by atoms with E-state index in [1.54, 1.807) is 18.2 Å². The van der Waals surface area contributed by atoms with Crippen molar-refractivity contribution in [1.29, 1.82) is 0 Å². The summed E-state index contributed by atoms with van der Waals surface area (Å²) < 4.78 is 0. The van der Waals surface area contributed by atoms with Gasteiger partial charge in [0.2, 0.25) is 5.78 Å². The second-order valence-electron chi connectivity index (χ2n) is 6.66. The zero-order valence-corrected chi connectivity index (χ0v) is 16.5. The molecule has 0 atom stereocenters. The molecule has 0 unspecified atom stereocenters. The summed E-state index contributed by atoms with van der Waals surface area (Å²) in [5.41, 5.74) is 9.77. The maximum atomic E-state index is 12.9. The summed E-state index contributed by atoms with van der Waals surface area (Å²) >= 11 is 13.4. The summed E-state index contributed by atoms with van der Waals surface area (Å²) in [6.45, 7) is 0. The van der Waals surface area contributed by atoms with Gasteiger partial charge in [-0.05, 0) is 55.5 Å². The third kappa shape index (κ3) is 3.22. The van der Waals surface area contributed by atoms with Crippen molar-refractivity contribution in [2.24, 2.45) is 0 Å². The Bertz CT molecular complexity index is 1010. The standard InChI is InChI=1S/C20H18Cl2N2OS/c21-14-8-7-12(10-15(14)22)18(25)19-17(23)13-9-11-5-3-1-2-4-6-16(11)24-20(13)26-19/h7-10H,1-6,23H2. The van der Waals surface area contributed by atoms with Crippen LogP contribution in [0.15, 0.2) is 24.3 Å². The molecule has 2 N–H and O–H groups in total. The zero-order chi connectivity index (χ0) is 18.3. The minimum atomic E-state index is -0.142. The van der Waals surface area contributed by atoms with Gasteiger partial charge in [-0.1, -0.05) is 36.0 Å². The highest BCUT2D eigenvalue weighted by atomic mass is 35.5. The number of anilines is 1. The molecule has 1 aliphatic rings. The number of ketones is 1. The van der Waals surface area contributed by atoms with E-state index in [0.717, 1.165) is 28.8 Å². The molecule has 0 fully saturated rings. The fourth-order valence-corrected chi connectivity index (χ4v) is 4.81. The lowest BCUT2D eigenvalue weighted by atomic mass is 9.96. The molecule has 134 valence electrons. The first-order valence-corrected chi connectivity index (χ1v) is 10.3. The molecule has 0 saturated heterocycles. The molecule has 3 aromatic rings. The maximum Gasteiger partial charge on any atom is 0.205 e. The van der Waals surface area contributed by atoms with E-state index in [1.165, 1.54) is 42.6 Å². The van der Waals surface area contributed by atoms with E-state index in [-0.39, 0.29) is 5.78 Å². The van der Waals surface area contributed by atoms with Crippen molar-refractivity contribution in [3.05, 3.63) is 56.0 Å². The highest BCUT2D eigenvalue weighted by Gasteiger charge is 2.21. The SMILES string of the molecule is Nc1c(C(=O)c2ccc(Cl)c(Cl)c2)sc2nc3c(cc12)CCCCCC3. The Morgan fingerprint density at radius 2 is 1.81 bits per heavy atom. The average molecular weight is 405 g/mol. The number of aromatic nitrogens is 1. The van der Waals surface area contributed by atoms with Crippen LogP contribution < -0.4 is 5.73 Å². The second-order valence-corrected chi connectivity index (χ2v) is 8.48. The van der Waals surface area contributed by atoms with Crippen molar-refractivity contribution in [3.8, 4) is 0 Å². The smallest absolute Gasteiger partial charge is 0.205 e. The number of carbonyl (C=O) groups excluding carboxylic acids is 1. The van der Waals surface area contributed by atoms with Crippen molar-refractivity contribution >= 4 is 56.2 Å². The third-order valence-corrected chi connectivity index (χ3v) is 6.74. The fraction of sp³-hybridized carbons (Fsp3) is 0.300. The van der Waals surface area contributed by atoms with Gasteiger partial charge in [0.05, 0.1) is 15.7 Å². The second kappa shape index (κ2) is 7.18. The molecule has 26 heavy (non-hydrogen) atoms. The number of aryl methyl sites for hydroxylation is 2. The average Bonchev–Trinajstić information content (AvgIpc) is 2.92. The van der Waals surface area contributed by atoms with Gasteiger partial charge in [-0.25, -0.2) is 4.98 Å². The van der Waals surface area contributed by atoms with Crippen molar-refractivity contribution in [2.75, 3.05) is 5.73 Å². The van der Waals surface area contributed by atoms with Gasteiger partial charge >= 0.3 is 0 Å². The van der Waals surface area contributed by atoms with Crippen molar-refractivity contribution in [1.82, 2.24) is 4.98 Å². The number of hydrogen-bond donors (Lipinski definition) is 1. The Morgan fingerprint density at radius 1 is 1.04 bits per heavy atom. The van der Waals surface area contributed by atoms with Gasteiger partial charge in [0.1, 0.15) is 9.71 Å². The van der Waals surface area contributed by atoms with Crippen LogP contribution in [0.5, 0.6) is 0 Å². The van der Waals surface area contributed by atoms with E-state index in [2.05, 4.69) is 6.07 Å². The van der Waals surface area contributed by atoms with E-state index in [9.17, 15) is 4.79 Å². The number of nitrogens with zero attached hydrogens (tertiary/aromatic N) is 1. The van der Waals surface area contributed by atoms with Crippen LogP contribution in [-0.2, 0) is 12.8 Å². The summed E-state index contributed by atoms with van der Waals surface area (Å²) in [5.74, 6) is -0.142. The molecule has 0 bridgehead atoms. The number of halogens is 2. The molecular formula is C20H18Cl2N2OS. The number of thiophene rings is 1. The predicted molar refractivity (Wildman–Crippen MR) is 110 cm³/mol. The summed E-state index contributed by atoms with van der Waals surface area (Å²) in [5, 5.41) is 1.67. The molecule has 1 aliphatic carbocycles. The van der Waals surface area contributed by atoms with Crippen LogP contribution in [0.1, 0.15) is 52.2 Å². The van der Waals surface area contributed by atoms with Crippen LogP contribution in [0.2, 0.25) is 10.0 Å². The minimum absolute atomic E-state index is 0.142. The number of rotatable bonds is 2. The van der Waals surface area contributed by atoms with E-state index >= 15 is 0 Å². The molecule has 0 aliphatic heterocycles. The monoisotopic (exact) mass is 404 g/mol. The summed E-state index contributed by atoms with van der Waals surface area (Å²) in [6.07, 6.45) is 6.90. The molecule has 2 aromatic heterocycles. The van der Waals surface area contributed by atoms with E-state index in [0.29, 0.717) is 26.2 Å². The lowest BCUT2D eigenvalue weighted by Crippen LogP contribution is -2.03. The number of carbonyl (C=O) groups is 1. The maximum absolute atomic E-state index is 12.9. The largest absolute Gasteiger partial charge is 0.397 e. The summed E-state index contributed by atoms with van der Waals surface area (Å²) in [4.78, 5) is 19.1. The number of nitrogens with two attached hydrogens (primary N) is 1. The van der Waals surface area contributed by atoms with E-state index in [4.69, 9.17) is 33.9 Å². The van der Waals surface area contributed by atoms with Crippen LogP contribution in [-0.4, -0.2) is 10.8 Å². The summed E-state index contributed by atoms with van der Waals surface area (Å²) in [6, 6.07) is 7.03. The van der Waals surface area contributed by atoms with Crippen molar-refractivity contribution < 1.29 is 4.79 Å². The van der Waals surface area contributed by atoms with E-state index in [1.807, 2.05) is 0 Å². The predicted octanol–water partition coefficient (Wildman–Crippen LogP) is 6.08. The van der Waals surface area contributed by atoms with Crippen LogP contribution in [0.3, 0.4) is 0 Å². The van der Waals surface area contributed by atoms with Gasteiger partial charge in [-0.2, -0.15) is 0 Å². The van der Waals surface area contributed by atoms with Gasteiger partial charge in [0.15, 0.2) is 0 Å². The van der Waals surface area contributed by atoms with Crippen LogP contribution in [0, 0.1) is 0 Å². The van der Waals surface area contributed by atoms with Gasteiger partial charge in [-0.3, -0.25) is 4.79 Å². The van der Waals surface area contributed by atoms with Crippen molar-refractivity contribution in [2.45, 2.75) is 38.5 Å². The fourth-order valence-electron chi connectivity index (χ4n) is 3.45. The van der Waals surface area contributed by atoms with E-state index < -0.39 is 0 Å². The number of pyridine rings is 1. The Morgan fingerprint density at radius 3 is 2.58 bits per heavy atom. The third-order valence-electron chi connectivity index (χ3n) is 4.89. The quantitative estimate of drug-likeness (QED) is 0.526. The first-order valence-electron chi connectivity index (χ1n) is 8.75. The molecule has 0 spiro atoms. The lowest BCUT2D eigenvalue weighted by molar-refractivity contribution is 0.104. The lowest BCUT2D eigenvalue weighted by Gasteiger charge is -2.12. The molecule has 4 rings (SSSR count). The number of nitrogen functional groups attached to an aromatic ring is 1. The normalized spacial score (nSPS) is 14.7. The molecule has 6 heteroatoms. The number of fused-ring (bicyclic) bond motifs is 2. The van der Waals surface area contributed by atoms with Gasteiger partial charge in [0, 0.05) is 16.6 Å². The Kier molecular flexibility index (Phi) is 4.91. The topological polar surface area (TPSA) is 56.0 Å². The summed E-state index contributed by atoms with van der Waals surface area (Å²) in [7, 11) is 0. The molecule has 2 heterocycles. The van der Waals surface area contributed by atoms with Gasteiger partial charge in [-0.15, -0.1) is 11.3 Å². The van der Waals surface area contributed by atoms with Gasteiger partial charge in [0.25, 0.3) is 0 Å². The minimum Gasteiger partial charge on any atom is -0.397 e. The first kappa shape index (κ1) is 17.8. The van der Waals surface area contributed by atoms with Crippen LogP contribution in [0.4, 0.5) is 5.69 Å². The molecule has 0 saturated carbocycles. The molecule has 3 nitrogen and oxygen atoms in total. The van der Waals surface area contributed by atoms with Crippen LogP contribution >= 0.6 is 34.5 Å². The Balaban J connectivity index is 1.79. The van der Waals surface area contributed by atoms with Gasteiger partial charge < -0.3 is 5.73 Å². The molecule has 0 amide bonds. The number of hydrogen-bond acceptors (Lipinski definition) is 4. The highest BCUT2D eigenvalue weighted by molar-refractivity contribution is 7.21. The van der Waals surface area contributed by atoms with Crippen LogP contribution in [0.25, 0.3) is 10.2 Å².